The Kier molecular flexibility index (Phi) is 5.61. The fourth-order valence-electron chi connectivity index (χ4n) is 2.47. The van der Waals surface area contributed by atoms with Gasteiger partial charge in [-0.05, 0) is 37.5 Å². The highest BCUT2D eigenvalue weighted by molar-refractivity contribution is 7.91. The van der Waals surface area contributed by atoms with Gasteiger partial charge in [-0.3, -0.25) is 0 Å². The van der Waals surface area contributed by atoms with E-state index in [9.17, 15) is 8.42 Å². The summed E-state index contributed by atoms with van der Waals surface area (Å²) in [5, 5.41) is 0. The molecular formula is C15H23NO4S. The number of hydrogen-bond acceptors (Lipinski definition) is 5. The van der Waals surface area contributed by atoms with Gasteiger partial charge < -0.3 is 15.2 Å². The number of nitrogens with two attached hydrogens (primary N) is 1. The summed E-state index contributed by atoms with van der Waals surface area (Å²) in [5.41, 5.74) is 6.82. The summed E-state index contributed by atoms with van der Waals surface area (Å²) in [5.74, 6) is 0.772. The van der Waals surface area contributed by atoms with E-state index in [2.05, 4.69) is 0 Å². The third-order valence-corrected chi connectivity index (χ3v) is 5.26. The third-order valence-electron chi connectivity index (χ3n) is 3.52. The molecule has 0 aliphatic carbocycles. The molecule has 0 amide bonds. The molecule has 1 aromatic carbocycles. The average Bonchev–Trinajstić information content (AvgIpc) is 2.91. The number of sulfone groups is 1. The maximum atomic E-state index is 12.2. The van der Waals surface area contributed by atoms with Gasteiger partial charge in [-0.15, -0.1) is 0 Å². The van der Waals surface area contributed by atoms with E-state index in [0.29, 0.717) is 13.2 Å². The van der Waals surface area contributed by atoms with Crippen molar-refractivity contribution < 1.29 is 17.9 Å². The van der Waals surface area contributed by atoms with Crippen LogP contribution in [0.25, 0.3) is 0 Å². The van der Waals surface area contributed by atoms with Gasteiger partial charge in [0.05, 0.1) is 24.2 Å². The van der Waals surface area contributed by atoms with Crippen LogP contribution in [0.4, 0.5) is 0 Å². The van der Waals surface area contributed by atoms with Crippen molar-refractivity contribution >= 4 is 9.84 Å². The second-order valence-electron chi connectivity index (χ2n) is 5.32. The Labute approximate surface area is 126 Å². The molecule has 1 aliphatic rings. The number of rotatable bonds is 7. The lowest BCUT2D eigenvalue weighted by molar-refractivity contribution is 0.127. The van der Waals surface area contributed by atoms with Gasteiger partial charge in [0, 0.05) is 12.6 Å². The van der Waals surface area contributed by atoms with E-state index >= 15 is 0 Å². The number of benzene rings is 1. The summed E-state index contributed by atoms with van der Waals surface area (Å²) in [7, 11) is -3.21. The Bertz CT molecular complexity index is 535. The predicted octanol–water partition coefficient (Wildman–Crippen LogP) is 1.68. The second-order valence-corrected chi connectivity index (χ2v) is 7.47. The molecule has 1 heterocycles. The van der Waals surface area contributed by atoms with Gasteiger partial charge in [0.2, 0.25) is 0 Å². The van der Waals surface area contributed by atoms with E-state index in [1.807, 2.05) is 31.2 Å². The predicted molar refractivity (Wildman–Crippen MR) is 82.2 cm³/mol. The molecule has 2 N–H and O–H groups in total. The molecule has 0 radical (unpaired) electrons. The minimum Gasteiger partial charge on any atom is -0.494 e. The Balaban J connectivity index is 1.94. The zero-order chi connectivity index (χ0) is 15.3. The molecule has 0 spiro atoms. The van der Waals surface area contributed by atoms with Crippen molar-refractivity contribution in [1.82, 2.24) is 0 Å². The van der Waals surface area contributed by atoms with Crippen LogP contribution < -0.4 is 10.5 Å². The fraction of sp³-hybridized carbons (Fsp3) is 0.600. The minimum atomic E-state index is -3.21. The molecule has 0 aromatic heterocycles. The molecule has 2 atom stereocenters. The van der Waals surface area contributed by atoms with E-state index in [1.165, 1.54) is 0 Å². The van der Waals surface area contributed by atoms with Crippen LogP contribution >= 0.6 is 0 Å². The molecule has 1 saturated heterocycles. The SMILES string of the molecule is CCOc1ccc(C(N)CS(=O)(=O)CC2CCCO2)cc1. The first-order chi connectivity index (χ1) is 10.00. The third kappa shape index (κ3) is 4.98. The van der Waals surface area contributed by atoms with Gasteiger partial charge in [0.25, 0.3) is 0 Å². The maximum absolute atomic E-state index is 12.2. The summed E-state index contributed by atoms with van der Waals surface area (Å²) in [6, 6.07) is 6.73. The van der Waals surface area contributed by atoms with Crippen LogP contribution in [0.2, 0.25) is 0 Å². The van der Waals surface area contributed by atoms with E-state index in [0.717, 1.165) is 24.2 Å². The van der Waals surface area contributed by atoms with E-state index in [4.69, 9.17) is 15.2 Å². The van der Waals surface area contributed by atoms with Gasteiger partial charge in [0.15, 0.2) is 9.84 Å². The van der Waals surface area contributed by atoms with Crippen molar-refractivity contribution in [2.75, 3.05) is 24.7 Å². The Morgan fingerprint density at radius 1 is 1.38 bits per heavy atom. The summed E-state index contributed by atoms with van der Waals surface area (Å²) < 4.78 is 35.0. The van der Waals surface area contributed by atoms with Gasteiger partial charge in [-0.25, -0.2) is 8.42 Å². The second kappa shape index (κ2) is 7.24. The van der Waals surface area contributed by atoms with Crippen molar-refractivity contribution in [2.45, 2.75) is 31.9 Å². The molecule has 6 heteroatoms. The minimum absolute atomic E-state index is 0.0547. The molecule has 5 nitrogen and oxygen atoms in total. The molecular weight excluding hydrogens is 290 g/mol. The standard InChI is InChI=1S/C15H23NO4S/c1-2-19-13-7-5-12(6-8-13)15(16)11-21(17,18)10-14-4-3-9-20-14/h5-8,14-15H,2-4,9-11,16H2,1H3. The van der Waals surface area contributed by atoms with Crippen LogP contribution in [0.15, 0.2) is 24.3 Å². The molecule has 21 heavy (non-hydrogen) atoms. The Hall–Kier alpha value is -1.11. The first-order valence-corrected chi connectivity index (χ1v) is 9.12. The number of hydrogen-bond donors (Lipinski definition) is 1. The molecule has 2 rings (SSSR count). The Morgan fingerprint density at radius 2 is 2.10 bits per heavy atom. The fourth-order valence-corrected chi connectivity index (χ4v) is 4.18. The molecule has 1 aromatic rings. The zero-order valence-electron chi connectivity index (χ0n) is 12.3. The highest BCUT2D eigenvalue weighted by Gasteiger charge is 2.25. The van der Waals surface area contributed by atoms with Crippen molar-refractivity contribution in [3.05, 3.63) is 29.8 Å². The van der Waals surface area contributed by atoms with Crippen molar-refractivity contribution in [1.29, 1.82) is 0 Å². The zero-order valence-corrected chi connectivity index (χ0v) is 13.1. The van der Waals surface area contributed by atoms with Gasteiger partial charge >= 0.3 is 0 Å². The van der Waals surface area contributed by atoms with Gasteiger partial charge in [0.1, 0.15) is 5.75 Å². The summed E-state index contributed by atoms with van der Waals surface area (Å²) in [4.78, 5) is 0. The first-order valence-electron chi connectivity index (χ1n) is 7.30. The van der Waals surface area contributed by atoms with E-state index in [1.54, 1.807) is 0 Å². The van der Waals surface area contributed by atoms with Crippen molar-refractivity contribution in [2.24, 2.45) is 5.73 Å². The molecule has 0 saturated carbocycles. The smallest absolute Gasteiger partial charge is 0.154 e. The van der Waals surface area contributed by atoms with Crippen LogP contribution in [0, 0.1) is 0 Å². The van der Waals surface area contributed by atoms with Crippen molar-refractivity contribution in [3.8, 4) is 5.75 Å². The van der Waals surface area contributed by atoms with Crippen molar-refractivity contribution in [3.63, 3.8) is 0 Å². The maximum Gasteiger partial charge on any atom is 0.154 e. The van der Waals surface area contributed by atoms with Crippen LogP contribution in [-0.2, 0) is 14.6 Å². The number of ether oxygens (including phenoxy) is 2. The Morgan fingerprint density at radius 3 is 2.67 bits per heavy atom. The lowest BCUT2D eigenvalue weighted by Crippen LogP contribution is -2.28. The van der Waals surface area contributed by atoms with E-state index in [-0.39, 0.29) is 17.6 Å². The van der Waals surface area contributed by atoms with Crippen LogP contribution in [0.3, 0.4) is 0 Å². The highest BCUT2D eigenvalue weighted by Crippen LogP contribution is 2.20. The first kappa shape index (κ1) is 16.3. The summed E-state index contributed by atoms with van der Waals surface area (Å²) in [6.45, 7) is 3.17. The van der Waals surface area contributed by atoms with Crippen LogP contribution in [0.1, 0.15) is 31.4 Å². The van der Waals surface area contributed by atoms with Crippen LogP contribution in [-0.4, -0.2) is 39.2 Å². The summed E-state index contributed by atoms with van der Waals surface area (Å²) in [6.07, 6.45) is 1.59. The topological polar surface area (TPSA) is 78.6 Å². The highest BCUT2D eigenvalue weighted by atomic mass is 32.2. The van der Waals surface area contributed by atoms with Crippen LogP contribution in [0.5, 0.6) is 5.75 Å². The lowest BCUT2D eigenvalue weighted by Gasteiger charge is -2.15. The molecule has 1 fully saturated rings. The molecule has 2 unspecified atom stereocenters. The normalized spacial score (nSPS) is 20.4. The van der Waals surface area contributed by atoms with Gasteiger partial charge in [-0.2, -0.15) is 0 Å². The lowest BCUT2D eigenvalue weighted by atomic mass is 10.1. The molecule has 0 bridgehead atoms. The average molecular weight is 313 g/mol. The monoisotopic (exact) mass is 313 g/mol. The van der Waals surface area contributed by atoms with Gasteiger partial charge in [-0.1, -0.05) is 12.1 Å². The quantitative estimate of drug-likeness (QED) is 0.828. The molecule has 118 valence electrons. The largest absolute Gasteiger partial charge is 0.494 e. The van der Waals surface area contributed by atoms with E-state index < -0.39 is 15.9 Å². The molecule has 1 aliphatic heterocycles. The summed E-state index contributed by atoms with van der Waals surface area (Å²) >= 11 is 0.